The van der Waals surface area contributed by atoms with Gasteiger partial charge in [-0.2, -0.15) is 0 Å². The molecule has 0 saturated heterocycles. The number of carbonyl (C=O) groups is 1. The molecule has 0 rings (SSSR count). The first-order valence-electron chi connectivity index (χ1n) is 5.27. The van der Waals surface area contributed by atoms with Crippen LogP contribution in [-0.2, 0) is 4.84 Å². The molecule has 0 heterocycles. The Bertz CT molecular complexity index is 230. The summed E-state index contributed by atoms with van der Waals surface area (Å²) in [5.41, 5.74) is 4.24. The summed E-state index contributed by atoms with van der Waals surface area (Å²) < 4.78 is 0. The molecule has 0 spiro atoms. The van der Waals surface area contributed by atoms with Crippen LogP contribution in [-0.4, -0.2) is 23.2 Å². The Balaban J connectivity index is 4.40. The van der Waals surface area contributed by atoms with E-state index in [0.717, 1.165) is 0 Å². The Morgan fingerprint density at radius 1 is 1.25 bits per heavy atom. The van der Waals surface area contributed by atoms with E-state index in [1.807, 2.05) is 41.5 Å². The van der Waals surface area contributed by atoms with Gasteiger partial charge in [-0.3, -0.25) is 10.3 Å². The molecule has 6 heteroatoms. The molecule has 0 fully saturated rings. The van der Waals surface area contributed by atoms with E-state index in [9.17, 15) is 4.79 Å². The Morgan fingerprint density at radius 2 is 1.75 bits per heavy atom. The van der Waals surface area contributed by atoms with Gasteiger partial charge < -0.3 is 0 Å². The number of hydrazine groups is 2. The van der Waals surface area contributed by atoms with Crippen molar-refractivity contribution >= 4 is 6.03 Å². The molecule has 0 aliphatic carbocycles. The number of urea groups is 1. The third-order valence-electron chi connectivity index (χ3n) is 1.46. The van der Waals surface area contributed by atoms with E-state index in [4.69, 9.17) is 10.7 Å². The summed E-state index contributed by atoms with van der Waals surface area (Å²) in [6.07, 6.45) is 0. The second kappa shape index (κ2) is 5.47. The first kappa shape index (κ1) is 15.2. The second-order valence-electron chi connectivity index (χ2n) is 5.90. The number of nitrogens with one attached hydrogen (secondary N) is 2. The molecule has 16 heavy (non-hydrogen) atoms. The van der Waals surface area contributed by atoms with Crippen LogP contribution in [0, 0.1) is 5.41 Å². The van der Waals surface area contributed by atoms with Gasteiger partial charge in [-0.15, -0.1) is 5.59 Å². The lowest BCUT2D eigenvalue weighted by Crippen LogP contribution is -2.54. The lowest BCUT2D eigenvalue weighted by atomic mass is 9.97. The topological polar surface area (TPSA) is 79.6 Å². The van der Waals surface area contributed by atoms with Gasteiger partial charge in [0.1, 0.15) is 0 Å². The Hall–Kier alpha value is -0.850. The molecule has 96 valence electrons. The van der Waals surface area contributed by atoms with Crippen LogP contribution in [0.1, 0.15) is 41.5 Å². The third kappa shape index (κ3) is 7.44. The van der Waals surface area contributed by atoms with Gasteiger partial charge >= 0.3 is 6.03 Å². The van der Waals surface area contributed by atoms with Crippen molar-refractivity contribution in [3.8, 4) is 0 Å². The highest BCUT2D eigenvalue weighted by Gasteiger charge is 2.22. The molecule has 0 aliphatic rings. The van der Waals surface area contributed by atoms with E-state index >= 15 is 0 Å². The van der Waals surface area contributed by atoms with E-state index in [1.165, 1.54) is 5.01 Å². The van der Waals surface area contributed by atoms with Crippen molar-refractivity contribution in [2.75, 3.05) is 6.54 Å². The van der Waals surface area contributed by atoms with Crippen molar-refractivity contribution in [2.45, 2.75) is 47.1 Å². The summed E-state index contributed by atoms with van der Waals surface area (Å²) in [7, 11) is 0. The minimum Gasteiger partial charge on any atom is -0.276 e. The summed E-state index contributed by atoms with van der Waals surface area (Å²) in [6, 6.07) is -0.431. The Morgan fingerprint density at radius 3 is 2.06 bits per heavy atom. The van der Waals surface area contributed by atoms with Crippen LogP contribution in [0.3, 0.4) is 0 Å². The minimum atomic E-state index is -0.431. The minimum absolute atomic E-state index is 0.0548. The van der Waals surface area contributed by atoms with E-state index in [0.29, 0.717) is 6.54 Å². The smallest absolute Gasteiger partial charge is 0.276 e. The number of hydrogen-bond donors (Lipinski definition) is 3. The van der Waals surface area contributed by atoms with E-state index in [1.54, 1.807) is 0 Å². The molecule has 0 aliphatic heterocycles. The molecule has 4 N–H and O–H groups in total. The van der Waals surface area contributed by atoms with Gasteiger partial charge in [0.15, 0.2) is 0 Å². The van der Waals surface area contributed by atoms with Crippen molar-refractivity contribution in [3.05, 3.63) is 0 Å². The lowest BCUT2D eigenvalue weighted by Gasteiger charge is -2.31. The predicted molar refractivity (Wildman–Crippen MR) is 62.9 cm³/mol. The monoisotopic (exact) mass is 232 g/mol. The van der Waals surface area contributed by atoms with Crippen LogP contribution in [0.5, 0.6) is 0 Å². The van der Waals surface area contributed by atoms with Gasteiger partial charge in [-0.25, -0.2) is 15.6 Å². The van der Waals surface area contributed by atoms with E-state index in [2.05, 4.69) is 11.0 Å². The van der Waals surface area contributed by atoms with Crippen LogP contribution < -0.4 is 16.9 Å². The zero-order valence-corrected chi connectivity index (χ0v) is 11.0. The Labute approximate surface area is 97.4 Å². The molecular weight excluding hydrogens is 208 g/mol. The molecule has 0 aromatic heterocycles. The van der Waals surface area contributed by atoms with Crippen LogP contribution >= 0.6 is 0 Å². The molecule has 0 atom stereocenters. The first-order chi connectivity index (χ1) is 7.05. The number of carbonyl (C=O) groups excluding carboxylic acids is 1. The summed E-state index contributed by atoms with van der Waals surface area (Å²) in [5.74, 6) is 5.09. The molecule has 0 radical (unpaired) electrons. The second-order valence-corrected chi connectivity index (χ2v) is 5.90. The average Bonchev–Trinajstić information content (AvgIpc) is 2.07. The summed E-state index contributed by atoms with van der Waals surface area (Å²) >= 11 is 0. The average molecular weight is 232 g/mol. The normalized spacial score (nSPS) is 12.4. The predicted octanol–water partition coefficient (Wildman–Crippen LogP) is 1.15. The SMILES string of the molecule is CC(C)(C)CN(NOC(C)(C)C)C(=O)NN. The third-order valence-corrected chi connectivity index (χ3v) is 1.46. The van der Waals surface area contributed by atoms with Gasteiger partial charge in [-0.05, 0) is 26.2 Å². The van der Waals surface area contributed by atoms with Gasteiger partial charge in [0.05, 0.1) is 5.60 Å². The van der Waals surface area contributed by atoms with Crippen LogP contribution in [0.25, 0.3) is 0 Å². The maximum Gasteiger partial charge on any atom is 0.347 e. The fourth-order valence-electron chi connectivity index (χ4n) is 0.890. The number of hydrogen-bond acceptors (Lipinski definition) is 4. The van der Waals surface area contributed by atoms with Crippen molar-refractivity contribution in [2.24, 2.45) is 11.3 Å². The van der Waals surface area contributed by atoms with E-state index < -0.39 is 6.03 Å². The quantitative estimate of drug-likeness (QED) is 0.387. The fourth-order valence-corrected chi connectivity index (χ4v) is 0.890. The lowest BCUT2D eigenvalue weighted by molar-refractivity contribution is -0.144. The number of nitrogens with zero attached hydrogens (tertiary/aromatic N) is 1. The Kier molecular flexibility index (Phi) is 5.18. The number of rotatable bonds is 3. The molecule has 6 nitrogen and oxygen atoms in total. The maximum absolute atomic E-state index is 11.5. The molecule has 0 aromatic rings. The molecule has 0 saturated carbocycles. The van der Waals surface area contributed by atoms with Crippen LogP contribution in [0.15, 0.2) is 0 Å². The molecular formula is C10H24N4O2. The van der Waals surface area contributed by atoms with Crippen molar-refractivity contribution < 1.29 is 9.63 Å². The summed E-state index contributed by atoms with van der Waals surface area (Å²) in [6.45, 7) is 12.2. The van der Waals surface area contributed by atoms with Crippen LogP contribution in [0.4, 0.5) is 4.79 Å². The number of nitrogens with two attached hydrogens (primary N) is 1. The largest absolute Gasteiger partial charge is 0.347 e. The highest BCUT2D eigenvalue weighted by molar-refractivity contribution is 5.72. The zero-order valence-electron chi connectivity index (χ0n) is 11.0. The van der Waals surface area contributed by atoms with Crippen molar-refractivity contribution in [3.63, 3.8) is 0 Å². The fraction of sp³-hybridized carbons (Fsp3) is 0.900. The van der Waals surface area contributed by atoms with Crippen LogP contribution in [0.2, 0.25) is 0 Å². The zero-order chi connectivity index (χ0) is 13.0. The van der Waals surface area contributed by atoms with Gasteiger partial charge in [0, 0.05) is 6.54 Å². The molecule has 0 unspecified atom stereocenters. The van der Waals surface area contributed by atoms with Gasteiger partial charge in [0.2, 0.25) is 0 Å². The van der Waals surface area contributed by atoms with Gasteiger partial charge in [-0.1, -0.05) is 20.8 Å². The van der Waals surface area contributed by atoms with E-state index in [-0.39, 0.29) is 11.0 Å². The molecule has 2 amide bonds. The molecule has 0 aromatic carbocycles. The standard InChI is InChI=1S/C10H24N4O2/c1-9(2,3)7-14(8(15)12-11)13-16-10(4,5)6/h13H,7,11H2,1-6H3,(H,12,15). The maximum atomic E-state index is 11.5. The first-order valence-corrected chi connectivity index (χ1v) is 5.27. The van der Waals surface area contributed by atoms with Crippen molar-refractivity contribution in [1.82, 2.24) is 16.0 Å². The highest BCUT2D eigenvalue weighted by atomic mass is 16.7. The molecule has 0 bridgehead atoms. The number of amides is 2. The van der Waals surface area contributed by atoms with Crippen molar-refractivity contribution in [1.29, 1.82) is 0 Å². The highest BCUT2D eigenvalue weighted by Crippen LogP contribution is 2.14. The van der Waals surface area contributed by atoms with Gasteiger partial charge in [0.25, 0.3) is 0 Å². The summed E-state index contributed by atoms with van der Waals surface area (Å²) in [4.78, 5) is 16.8. The summed E-state index contributed by atoms with van der Waals surface area (Å²) in [5, 5.41) is 1.31.